The Morgan fingerprint density at radius 1 is 1.19 bits per heavy atom. The fourth-order valence-corrected chi connectivity index (χ4v) is 5.10. The average molecular weight is 548 g/mol. The monoisotopic (exact) mass is 545 g/mol. The molecule has 2 heterocycles. The van der Waals surface area contributed by atoms with Gasteiger partial charge in [0.05, 0.1) is 40.6 Å². The zero-order chi connectivity index (χ0) is 19.1. The van der Waals surface area contributed by atoms with E-state index in [0.29, 0.717) is 21.4 Å². The van der Waals surface area contributed by atoms with E-state index in [4.69, 9.17) is 39.5 Å². The number of benzene rings is 1. The molecule has 0 aliphatic carbocycles. The number of hydrogen-bond acceptors (Lipinski definition) is 3. The van der Waals surface area contributed by atoms with Crippen molar-refractivity contribution >= 4 is 66.7 Å². The van der Waals surface area contributed by atoms with Crippen molar-refractivity contribution in [1.29, 1.82) is 0 Å². The topological polar surface area (TPSA) is 54.6 Å². The summed E-state index contributed by atoms with van der Waals surface area (Å²) in [6.07, 6.45) is 0. The molecule has 0 bridgehead atoms. The Morgan fingerprint density at radius 3 is 2.42 bits per heavy atom. The van der Waals surface area contributed by atoms with E-state index in [0.717, 1.165) is 5.56 Å². The molecule has 0 fully saturated rings. The van der Waals surface area contributed by atoms with Gasteiger partial charge in [0.15, 0.2) is 5.60 Å². The minimum Gasteiger partial charge on any atom is -0.396 e. The summed E-state index contributed by atoms with van der Waals surface area (Å²) < 4.78 is 7.03. The van der Waals surface area contributed by atoms with Gasteiger partial charge in [-0.05, 0) is 43.5 Å². The lowest BCUT2D eigenvalue weighted by Crippen LogP contribution is -2.46. The molecule has 4 nitrogen and oxygen atoms in total. The Hall–Kier alpha value is 0.210. The second kappa shape index (κ2) is 7.91. The van der Waals surface area contributed by atoms with Gasteiger partial charge in [0, 0.05) is 5.92 Å². The van der Waals surface area contributed by atoms with Crippen molar-refractivity contribution in [3.63, 3.8) is 0 Å². The lowest BCUT2D eigenvalue weighted by atomic mass is 9.85. The van der Waals surface area contributed by atoms with Gasteiger partial charge in [-0.25, -0.2) is 0 Å². The molecule has 0 radical (unpaired) electrons. The lowest BCUT2D eigenvalue weighted by Gasteiger charge is -2.36. The molecule has 9 heteroatoms. The third-order valence-electron chi connectivity index (χ3n) is 4.68. The van der Waals surface area contributed by atoms with E-state index in [-0.39, 0.29) is 13.2 Å². The Bertz CT molecular complexity index is 782. The molecule has 0 saturated carbocycles. The first-order valence-electron chi connectivity index (χ1n) is 7.80. The maximum atomic E-state index is 11.3. The standard InChI is InChI=1S/C17H16Br2Cl3NO3/c18-12-6-14-16(25,17(20,21)22)11(7-24)13(23(14)15(12)19)9-26-8-10-4-2-1-3-5-10/h1-6,11,13,24-25H,7-9H2/t11-,13-,16-/m1/s1. The molecule has 1 aromatic heterocycles. The van der Waals surface area contributed by atoms with Gasteiger partial charge in [-0.3, -0.25) is 0 Å². The van der Waals surface area contributed by atoms with Crippen LogP contribution in [-0.4, -0.2) is 31.8 Å². The van der Waals surface area contributed by atoms with E-state index in [1.165, 1.54) is 0 Å². The van der Waals surface area contributed by atoms with Gasteiger partial charge in [-0.2, -0.15) is 0 Å². The molecule has 0 saturated heterocycles. The van der Waals surface area contributed by atoms with Gasteiger partial charge in [0.25, 0.3) is 0 Å². The first-order chi connectivity index (χ1) is 12.2. The van der Waals surface area contributed by atoms with Crippen molar-refractivity contribution in [3.05, 3.63) is 56.7 Å². The van der Waals surface area contributed by atoms with Gasteiger partial charge in [0.1, 0.15) is 0 Å². The number of hydrogen-bond donors (Lipinski definition) is 2. The second-order valence-electron chi connectivity index (χ2n) is 6.16. The first-order valence-corrected chi connectivity index (χ1v) is 10.5. The largest absolute Gasteiger partial charge is 0.396 e. The van der Waals surface area contributed by atoms with E-state index in [2.05, 4.69) is 31.9 Å². The minimum absolute atomic E-state index is 0.232. The Kier molecular flexibility index (Phi) is 6.37. The summed E-state index contributed by atoms with van der Waals surface area (Å²) in [5, 5.41) is 21.3. The predicted octanol–water partition coefficient (Wildman–Crippen LogP) is 4.95. The van der Waals surface area contributed by atoms with Crippen molar-refractivity contribution < 1.29 is 14.9 Å². The molecule has 2 N–H and O–H groups in total. The van der Waals surface area contributed by atoms with Crippen LogP contribution in [0.1, 0.15) is 17.3 Å². The summed E-state index contributed by atoms with van der Waals surface area (Å²) in [7, 11) is 0. The highest BCUT2D eigenvalue weighted by molar-refractivity contribution is 9.13. The highest BCUT2D eigenvalue weighted by Crippen LogP contribution is 2.58. The van der Waals surface area contributed by atoms with Gasteiger partial charge in [-0.1, -0.05) is 65.1 Å². The summed E-state index contributed by atoms with van der Waals surface area (Å²) in [6.45, 7) is 0.266. The van der Waals surface area contributed by atoms with Gasteiger partial charge < -0.3 is 19.5 Å². The molecule has 0 unspecified atom stereocenters. The number of aliphatic hydroxyl groups excluding tert-OH is 1. The number of aliphatic hydroxyl groups is 2. The van der Waals surface area contributed by atoms with E-state index in [9.17, 15) is 10.2 Å². The summed E-state index contributed by atoms with van der Waals surface area (Å²) in [5.41, 5.74) is -0.430. The van der Waals surface area contributed by atoms with Crippen LogP contribution < -0.4 is 0 Å². The molecule has 1 aromatic carbocycles. The van der Waals surface area contributed by atoms with Crippen LogP contribution in [0.5, 0.6) is 0 Å². The van der Waals surface area contributed by atoms with E-state index in [1.807, 2.05) is 30.3 Å². The van der Waals surface area contributed by atoms with Crippen LogP contribution >= 0.6 is 66.7 Å². The van der Waals surface area contributed by atoms with Crippen LogP contribution in [0, 0.1) is 5.92 Å². The molecule has 0 amide bonds. The van der Waals surface area contributed by atoms with Gasteiger partial charge >= 0.3 is 0 Å². The molecule has 0 spiro atoms. The molecular weight excluding hydrogens is 532 g/mol. The molecule has 3 atom stereocenters. The quantitative estimate of drug-likeness (QED) is 0.520. The van der Waals surface area contributed by atoms with Crippen molar-refractivity contribution in [3.8, 4) is 0 Å². The van der Waals surface area contributed by atoms with Crippen LogP contribution in [-0.2, 0) is 16.9 Å². The normalized spacial score (nSPS) is 25.5. The summed E-state index contributed by atoms with van der Waals surface area (Å²) >= 11 is 25.3. The number of ether oxygens (including phenoxy) is 1. The SMILES string of the molecule is OC[C@@H]1[C@@H](COCc2ccccc2)n2c(cc(Br)c2Br)[C@@]1(O)C(Cl)(Cl)Cl. The molecule has 1 aliphatic rings. The highest BCUT2D eigenvalue weighted by atomic mass is 79.9. The third-order valence-corrected chi connectivity index (χ3v) is 7.49. The van der Waals surface area contributed by atoms with Crippen LogP contribution in [0.2, 0.25) is 0 Å². The van der Waals surface area contributed by atoms with Crippen LogP contribution in [0.4, 0.5) is 0 Å². The van der Waals surface area contributed by atoms with E-state index < -0.39 is 21.4 Å². The third kappa shape index (κ3) is 3.48. The maximum absolute atomic E-state index is 11.3. The molecule has 2 aromatic rings. The van der Waals surface area contributed by atoms with E-state index in [1.54, 1.807) is 10.6 Å². The zero-order valence-corrected chi connectivity index (χ0v) is 18.8. The Labute approximate surface area is 183 Å². The predicted molar refractivity (Wildman–Crippen MR) is 110 cm³/mol. The molecule has 142 valence electrons. The van der Waals surface area contributed by atoms with Gasteiger partial charge in [-0.15, -0.1) is 0 Å². The smallest absolute Gasteiger partial charge is 0.224 e. The number of rotatable bonds is 5. The number of aromatic nitrogens is 1. The summed E-state index contributed by atoms with van der Waals surface area (Å²) in [4.78, 5) is 0. The number of fused-ring (bicyclic) bond motifs is 1. The zero-order valence-electron chi connectivity index (χ0n) is 13.4. The Balaban J connectivity index is 1.92. The minimum atomic E-state index is -2.02. The second-order valence-corrected chi connectivity index (χ2v) is 10.0. The molecule has 26 heavy (non-hydrogen) atoms. The molecule has 1 aliphatic heterocycles. The van der Waals surface area contributed by atoms with Crippen molar-refractivity contribution in [2.24, 2.45) is 5.92 Å². The van der Waals surface area contributed by atoms with Crippen molar-refractivity contribution in [2.45, 2.75) is 22.0 Å². The average Bonchev–Trinajstić information content (AvgIpc) is 3.01. The number of alkyl halides is 3. The highest BCUT2D eigenvalue weighted by Gasteiger charge is 2.62. The lowest BCUT2D eigenvalue weighted by molar-refractivity contribution is -0.0531. The van der Waals surface area contributed by atoms with Crippen LogP contribution in [0.15, 0.2) is 45.5 Å². The van der Waals surface area contributed by atoms with Gasteiger partial charge in [0.2, 0.25) is 3.79 Å². The summed E-state index contributed by atoms with van der Waals surface area (Å²) in [5.74, 6) is -0.745. The van der Waals surface area contributed by atoms with Crippen molar-refractivity contribution in [1.82, 2.24) is 4.57 Å². The van der Waals surface area contributed by atoms with E-state index >= 15 is 0 Å². The summed E-state index contributed by atoms with van der Waals surface area (Å²) in [6, 6.07) is 11.0. The Morgan fingerprint density at radius 2 is 1.85 bits per heavy atom. The first kappa shape index (κ1) is 20.9. The fraction of sp³-hybridized carbons (Fsp3) is 0.412. The number of halogens is 5. The molecular formula is C17H16Br2Cl3NO3. The number of nitrogens with zero attached hydrogens (tertiary/aromatic N) is 1. The van der Waals surface area contributed by atoms with Crippen LogP contribution in [0.3, 0.4) is 0 Å². The molecule has 3 rings (SSSR count). The fourth-order valence-electron chi connectivity index (χ4n) is 3.41. The van der Waals surface area contributed by atoms with Crippen molar-refractivity contribution in [2.75, 3.05) is 13.2 Å². The van der Waals surface area contributed by atoms with Crippen LogP contribution in [0.25, 0.3) is 0 Å². The maximum Gasteiger partial charge on any atom is 0.224 e.